The second-order valence-corrected chi connectivity index (χ2v) is 4.03. The van der Waals surface area contributed by atoms with Crippen molar-refractivity contribution < 1.29 is 9.66 Å². The lowest BCUT2D eigenvalue weighted by molar-refractivity contribution is -0.384. The fourth-order valence-corrected chi connectivity index (χ4v) is 1.59. The van der Waals surface area contributed by atoms with Gasteiger partial charge < -0.3 is 10.1 Å². The van der Waals surface area contributed by atoms with Gasteiger partial charge in [0.15, 0.2) is 0 Å². The molecule has 0 amide bonds. The van der Waals surface area contributed by atoms with Crippen LogP contribution in [0.1, 0.15) is 13.3 Å². The molecule has 1 aromatic rings. The summed E-state index contributed by atoms with van der Waals surface area (Å²) in [5.41, 5.74) is 0.578. The first kappa shape index (κ1) is 13.7. The van der Waals surface area contributed by atoms with E-state index < -0.39 is 4.92 Å². The van der Waals surface area contributed by atoms with Gasteiger partial charge in [0.1, 0.15) is 0 Å². The van der Waals surface area contributed by atoms with Gasteiger partial charge in [-0.2, -0.15) is 0 Å². The number of anilines is 1. The molecule has 0 heterocycles. The molecule has 94 valence electrons. The molecule has 1 unspecified atom stereocenters. The molecule has 6 heteroatoms. The van der Waals surface area contributed by atoms with Crippen molar-refractivity contribution in [3.63, 3.8) is 0 Å². The smallest absolute Gasteiger partial charge is 0.271 e. The Kier molecular flexibility index (Phi) is 5.18. The highest BCUT2D eigenvalue weighted by Gasteiger charge is 2.12. The molecule has 1 rings (SSSR count). The van der Waals surface area contributed by atoms with Crippen LogP contribution in [-0.4, -0.2) is 24.7 Å². The Morgan fingerprint density at radius 2 is 2.29 bits per heavy atom. The molecule has 0 bridgehead atoms. The number of hydrogen-bond acceptors (Lipinski definition) is 4. The summed E-state index contributed by atoms with van der Waals surface area (Å²) < 4.78 is 5.05. The van der Waals surface area contributed by atoms with Crippen LogP contribution in [0.3, 0.4) is 0 Å². The second kappa shape index (κ2) is 6.42. The first-order chi connectivity index (χ1) is 8.08. The average Bonchev–Trinajstić information content (AvgIpc) is 2.30. The van der Waals surface area contributed by atoms with Gasteiger partial charge in [-0.3, -0.25) is 10.1 Å². The molecule has 0 aliphatic carbocycles. The summed E-state index contributed by atoms with van der Waals surface area (Å²) >= 11 is 5.98. The molecule has 0 aromatic heterocycles. The van der Waals surface area contributed by atoms with E-state index in [2.05, 4.69) is 5.32 Å². The Morgan fingerprint density at radius 1 is 1.59 bits per heavy atom. The Balaban J connectivity index is 2.88. The number of rotatable bonds is 6. The van der Waals surface area contributed by atoms with Gasteiger partial charge in [0.2, 0.25) is 0 Å². The van der Waals surface area contributed by atoms with Crippen LogP contribution in [0.15, 0.2) is 18.2 Å². The summed E-state index contributed by atoms with van der Waals surface area (Å²) in [5.74, 6) is 0. The van der Waals surface area contributed by atoms with Crippen molar-refractivity contribution in [2.75, 3.05) is 19.0 Å². The number of hydrogen-bond donors (Lipinski definition) is 1. The van der Waals surface area contributed by atoms with Crippen molar-refractivity contribution >= 4 is 23.0 Å². The number of nitrogens with one attached hydrogen (secondary N) is 1. The quantitative estimate of drug-likeness (QED) is 0.629. The molecule has 17 heavy (non-hydrogen) atoms. The van der Waals surface area contributed by atoms with E-state index in [1.807, 2.05) is 6.92 Å². The van der Waals surface area contributed by atoms with Crippen molar-refractivity contribution in [2.24, 2.45) is 0 Å². The first-order valence-electron chi connectivity index (χ1n) is 5.27. The highest BCUT2D eigenvalue weighted by Crippen LogP contribution is 2.27. The van der Waals surface area contributed by atoms with Gasteiger partial charge in [0.25, 0.3) is 5.69 Å². The van der Waals surface area contributed by atoms with Gasteiger partial charge in [-0.15, -0.1) is 0 Å². The van der Waals surface area contributed by atoms with Crippen LogP contribution >= 0.6 is 11.6 Å². The molecule has 0 saturated carbocycles. The number of nitrogens with zero attached hydrogens (tertiary/aromatic N) is 1. The van der Waals surface area contributed by atoms with Gasteiger partial charge in [0.05, 0.1) is 22.2 Å². The highest BCUT2D eigenvalue weighted by molar-refractivity contribution is 6.33. The maximum atomic E-state index is 10.7. The number of nitro groups is 1. The van der Waals surface area contributed by atoms with Crippen molar-refractivity contribution in [3.05, 3.63) is 33.3 Å². The lowest BCUT2D eigenvalue weighted by Crippen LogP contribution is -2.24. The fourth-order valence-electron chi connectivity index (χ4n) is 1.42. The third kappa shape index (κ3) is 3.87. The van der Waals surface area contributed by atoms with E-state index >= 15 is 0 Å². The van der Waals surface area contributed by atoms with Crippen LogP contribution in [0.25, 0.3) is 0 Å². The average molecular weight is 259 g/mol. The Morgan fingerprint density at radius 3 is 2.82 bits per heavy atom. The third-order valence-electron chi connectivity index (χ3n) is 2.38. The van der Waals surface area contributed by atoms with Gasteiger partial charge in [-0.05, 0) is 12.5 Å². The Labute approximate surface area is 105 Å². The van der Waals surface area contributed by atoms with E-state index in [0.717, 1.165) is 6.42 Å². The van der Waals surface area contributed by atoms with Crippen LogP contribution in [0.5, 0.6) is 0 Å². The number of methoxy groups -OCH3 is 1. The Bertz CT molecular complexity index is 398. The zero-order valence-electron chi connectivity index (χ0n) is 9.77. The van der Waals surface area contributed by atoms with E-state index in [0.29, 0.717) is 17.3 Å². The molecular formula is C11H15ClN2O3. The van der Waals surface area contributed by atoms with Crippen LogP contribution in [0.4, 0.5) is 11.4 Å². The molecular weight excluding hydrogens is 244 g/mol. The van der Waals surface area contributed by atoms with Crippen LogP contribution in [0.2, 0.25) is 5.02 Å². The normalized spacial score (nSPS) is 12.2. The summed E-state index contributed by atoms with van der Waals surface area (Å²) in [7, 11) is 1.61. The van der Waals surface area contributed by atoms with Gasteiger partial charge >= 0.3 is 0 Å². The maximum absolute atomic E-state index is 10.7. The Hall–Kier alpha value is -1.33. The molecule has 0 spiro atoms. The minimum Gasteiger partial charge on any atom is -0.383 e. The maximum Gasteiger partial charge on any atom is 0.271 e. The summed E-state index contributed by atoms with van der Waals surface area (Å²) in [6.07, 6.45) is 0.840. The fraction of sp³-hybridized carbons (Fsp3) is 0.455. The van der Waals surface area contributed by atoms with E-state index in [-0.39, 0.29) is 11.7 Å². The molecule has 0 fully saturated rings. The summed E-state index contributed by atoms with van der Waals surface area (Å²) in [5, 5.41) is 14.3. The van der Waals surface area contributed by atoms with E-state index in [9.17, 15) is 10.1 Å². The number of ether oxygens (including phenoxy) is 1. The largest absolute Gasteiger partial charge is 0.383 e. The molecule has 5 nitrogen and oxygen atoms in total. The SMILES string of the molecule is CCC(COC)Nc1cc([N+](=O)[O-])ccc1Cl. The van der Waals surface area contributed by atoms with Crippen molar-refractivity contribution in [2.45, 2.75) is 19.4 Å². The van der Waals surface area contributed by atoms with Crippen LogP contribution in [0, 0.1) is 10.1 Å². The number of non-ortho nitro benzene ring substituents is 1. The second-order valence-electron chi connectivity index (χ2n) is 3.63. The predicted molar refractivity (Wildman–Crippen MR) is 67.7 cm³/mol. The molecule has 1 atom stereocenters. The number of nitro benzene ring substituents is 1. The molecule has 0 saturated heterocycles. The van der Waals surface area contributed by atoms with Crippen molar-refractivity contribution in [1.29, 1.82) is 0 Å². The van der Waals surface area contributed by atoms with Gasteiger partial charge in [0, 0.05) is 25.3 Å². The van der Waals surface area contributed by atoms with E-state index in [1.165, 1.54) is 18.2 Å². The monoisotopic (exact) mass is 258 g/mol. The summed E-state index contributed by atoms with van der Waals surface area (Å²) in [6, 6.07) is 4.41. The molecule has 0 aliphatic rings. The zero-order valence-corrected chi connectivity index (χ0v) is 10.5. The van der Waals surface area contributed by atoms with Gasteiger partial charge in [-0.25, -0.2) is 0 Å². The molecule has 1 N–H and O–H groups in total. The lowest BCUT2D eigenvalue weighted by atomic mass is 10.2. The zero-order chi connectivity index (χ0) is 12.8. The standard InChI is InChI=1S/C11H15ClN2O3/c1-3-8(7-17-2)13-11-6-9(14(15)16)4-5-10(11)12/h4-6,8,13H,3,7H2,1-2H3. The third-order valence-corrected chi connectivity index (χ3v) is 2.71. The molecule has 1 aromatic carbocycles. The molecule has 0 aliphatic heterocycles. The van der Waals surface area contributed by atoms with Gasteiger partial charge in [-0.1, -0.05) is 18.5 Å². The lowest BCUT2D eigenvalue weighted by Gasteiger charge is -2.17. The van der Waals surface area contributed by atoms with Crippen molar-refractivity contribution in [1.82, 2.24) is 0 Å². The topological polar surface area (TPSA) is 64.4 Å². The minimum absolute atomic E-state index is 0.0177. The number of benzene rings is 1. The minimum atomic E-state index is -0.446. The predicted octanol–water partition coefficient (Wildman–Crippen LogP) is 3.09. The van der Waals surface area contributed by atoms with Crippen LogP contribution in [-0.2, 0) is 4.74 Å². The number of halogens is 1. The summed E-state index contributed by atoms with van der Waals surface area (Å²) in [4.78, 5) is 10.2. The summed E-state index contributed by atoms with van der Waals surface area (Å²) in [6.45, 7) is 2.53. The first-order valence-corrected chi connectivity index (χ1v) is 5.65. The van der Waals surface area contributed by atoms with E-state index in [1.54, 1.807) is 7.11 Å². The molecule has 0 radical (unpaired) electrons. The van der Waals surface area contributed by atoms with E-state index in [4.69, 9.17) is 16.3 Å². The highest BCUT2D eigenvalue weighted by atomic mass is 35.5. The van der Waals surface area contributed by atoms with Crippen LogP contribution < -0.4 is 5.32 Å². The van der Waals surface area contributed by atoms with Crippen molar-refractivity contribution in [3.8, 4) is 0 Å².